The molecule has 0 bridgehead atoms. The summed E-state index contributed by atoms with van der Waals surface area (Å²) in [7, 11) is 0. The fourth-order valence-corrected chi connectivity index (χ4v) is 2.85. The third kappa shape index (κ3) is 9.42. The minimum Gasteiger partial charge on any atom is -0.484 e. The van der Waals surface area contributed by atoms with E-state index < -0.39 is 23.8 Å². The van der Waals surface area contributed by atoms with Crippen LogP contribution in [0, 0.1) is 12.8 Å². The summed E-state index contributed by atoms with van der Waals surface area (Å²) in [6, 6.07) is 13.4. The Kier molecular flexibility index (Phi) is 9.88. The van der Waals surface area contributed by atoms with Crippen molar-refractivity contribution in [2.45, 2.75) is 33.2 Å². The highest BCUT2D eigenvalue weighted by Crippen LogP contribution is 2.16. The Morgan fingerprint density at radius 3 is 2.36 bits per heavy atom. The molecule has 0 spiro atoms. The average molecular weight is 455 g/mol. The first-order valence-corrected chi connectivity index (χ1v) is 10.6. The Bertz CT molecular complexity index is 973. The maximum Gasteiger partial charge on any atom is 0.262 e. The van der Waals surface area contributed by atoms with Gasteiger partial charge < -0.3 is 20.5 Å². The lowest BCUT2D eigenvalue weighted by Gasteiger charge is -2.19. The number of nitrogens with two attached hydrogens (primary N) is 1. The minimum absolute atomic E-state index is 0.176. The zero-order valence-corrected chi connectivity index (χ0v) is 19.0. The Balaban J connectivity index is 1.89. The monoisotopic (exact) mass is 454 g/mol. The van der Waals surface area contributed by atoms with Gasteiger partial charge in [-0.15, -0.1) is 0 Å². The Hall–Kier alpha value is -3.88. The van der Waals surface area contributed by atoms with Gasteiger partial charge in [-0.3, -0.25) is 14.4 Å². The van der Waals surface area contributed by atoms with Gasteiger partial charge >= 0.3 is 0 Å². The number of hydrazone groups is 1. The van der Waals surface area contributed by atoms with Crippen LogP contribution in [0.1, 0.15) is 31.4 Å². The quantitative estimate of drug-likeness (QED) is 0.333. The molecule has 0 aliphatic rings. The van der Waals surface area contributed by atoms with Crippen molar-refractivity contribution in [2.75, 3.05) is 13.2 Å². The lowest BCUT2D eigenvalue weighted by atomic mass is 10.0. The largest absolute Gasteiger partial charge is 0.484 e. The smallest absolute Gasteiger partial charge is 0.262 e. The van der Waals surface area contributed by atoms with Crippen LogP contribution in [0.25, 0.3) is 0 Å². The number of para-hydroxylation sites is 1. The number of hydrogen-bond donors (Lipinski definition) is 3. The molecule has 0 saturated carbocycles. The molecule has 4 N–H and O–H groups in total. The summed E-state index contributed by atoms with van der Waals surface area (Å²) in [4.78, 5) is 35.7. The second kappa shape index (κ2) is 12.8. The van der Waals surface area contributed by atoms with Crippen LogP contribution in [-0.4, -0.2) is 43.2 Å². The highest BCUT2D eigenvalue weighted by atomic mass is 16.5. The molecule has 0 radical (unpaired) electrons. The van der Waals surface area contributed by atoms with E-state index in [0.717, 1.165) is 5.56 Å². The van der Waals surface area contributed by atoms with E-state index in [0.29, 0.717) is 23.5 Å². The van der Waals surface area contributed by atoms with Crippen LogP contribution in [0.4, 0.5) is 0 Å². The summed E-state index contributed by atoms with van der Waals surface area (Å²) in [5.74, 6) is -0.0978. The molecule has 9 nitrogen and oxygen atoms in total. The number of primary amides is 1. The molecule has 2 rings (SSSR count). The third-order valence-electron chi connectivity index (χ3n) is 4.46. The van der Waals surface area contributed by atoms with E-state index in [1.54, 1.807) is 30.3 Å². The number of carbonyl (C=O) groups is 3. The van der Waals surface area contributed by atoms with Gasteiger partial charge in [0.25, 0.3) is 17.7 Å². The number of hydrogen-bond acceptors (Lipinski definition) is 6. The normalized spacial score (nSPS) is 11.8. The minimum atomic E-state index is -0.750. The van der Waals surface area contributed by atoms with E-state index >= 15 is 0 Å². The van der Waals surface area contributed by atoms with Crippen LogP contribution in [0.5, 0.6) is 11.5 Å². The highest BCUT2D eigenvalue weighted by molar-refractivity contribution is 5.89. The van der Waals surface area contributed by atoms with Gasteiger partial charge in [0.2, 0.25) is 0 Å². The lowest BCUT2D eigenvalue weighted by Crippen LogP contribution is -2.47. The second-order valence-corrected chi connectivity index (χ2v) is 7.86. The number of benzene rings is 2. The van der Waals surface area contributed by atoms with Gasteiger partial charge in [0, 0.05) is 0 Å². The molecule has 1 atom stereocenters. The molecule has 2 aromatic carbocycles. The molecule has 33 heavy (non-hydrogen) atoms. The SMILES string of the molecule is Cc1ccccc1OCC(=O)N[C@@H](CC(C)C)C(=O)N/N=C\c1ccc(OCC(N)=O)cc1. The number of nitrogens with one attached hydrogen (secondary N) is 2. The van der Waals surface area contributed by atoms with Gasteiger partial charge in [0.1, 0.15) is 17.5 Å². The van der Waals surface area contributed by atoms with Crippen molar-refractivity contribution in [2.24, 2.45) is 16.8 Å². The van der Waals surface area contributed by atoms with Crippen molar-refractivity contribution < 1.29 is 23.9 Å². The van der Waals surface area contributed by atoms with E-state index in [9.17, 15) is 14.4 Å². The van der Waals surface area contributed by atoms with Gasteiger partial charge in [-0.25, -0.2) is 5.43 Å². The fraction of sp³-hybridized carbons (Fsp3) is 0.333. The number of amides is 3. The number of nitrogens with zero attached hydrogens (tertiary/aromatic N) is 1. The van der Waals surface area contributed by atoms with Gasteiger partial charge in [-0.2, -0.15) is 5.10 Å². The predicted molar refractivity (Wildman–Crippen MR) is 125 cm³/mol. The maximum atomic E-state index is 12.6. The van der Waals surface area contributed by atoms with Crippen LogP contribution >= 0.6 is 0 Å². The highest BCUT2D eigenvalue weighted by Gasteiger charge is 2.22. The summed E-state index contributed by atoms with van der Waals surface area (Å²) in [5, 5.41) is 6.68. The van der Waals surface area contributed by atoms with E-state index in [-0.39, 0.29) is 19.1 Å². The second-order valence-electron chi connectivity index (χ2n) is 7.86. The maximum absolute atomic E-state index is 12.6. The van der Waals surface area contributed by atoms with Crippen LogP contribution in [0.2, 0.25) is 0 Å². The number of rotatable bonds is 12. The zero-order chi connectivity index (χ0) is 24.2. The molecule has 0 heterocycles. The van der Waals surface area contributed by atoms with Crippen molar-refractivity contribution in [3.63, 3.8) is 0 Å². The zero-order valence-electron chi connectivity index (χ0n) is 19.0. The van der Waals surface area contributed by atoms with Crippen molar-refractivity contribution in [3.05, 3.63) is 59.7 Å². The molecule has 0 aliphatic heterocycles. The van der Waals surface area contributed by atoms with Crippen LogP contribution in [0.3, 0.4) is 0 Å². The van der Waals surface area contributed by atoms with Crippen molar-refractivity contribution in [1.82, 2.24) is 10.7 Å². The fourth-order valence-electron chi connectivity index (χ4n) is 2.85. The van der Waals surface area contributed by atoms with Gasteiger partial charge in [0.15, 0.2) is 13.2 Å². The van der Waals surface area contributed by atoms with Crippen LogP contribution in [-0.2, 0) is 14.4 Å². The first-order valence-electron chi connectivity index (χ1n) is 10.6. The Morgan fingerprint density at radius 2 is 1.73 bits per heavy atom. The summed E-state index contributed by atoms with van der Waals surface area (Å²) in [6.07, 6.45) is 1.91. The predicted octanol–water partition coefficient (Wildman–Crippen LogP) is 1.92. The van der Waals surface area contributed by atoms with Crippen LogP contribution in [0.15, 0.2) is 53.6 Å². The van der Waals surface area contributed by atoms with E-state index in [1.807, 2.05) is 39.0 Å². The van der Waals surface area contributed by atoms with E-state index in [2.05, 4.69) is 15.8 Å². The molecule has 0 aliphatic carbocycles. The standard InChI is InChI=1S/C24H30N4O5/c1-16(2)12-20(27-23(30)15-33-21-7-5-4-6-17(21)3)24(31)28-26-13-18-8-10-19(11-9-18)32-14-22(25)29/h4-11,13,16,20H,12,14-15H2,1-3H3,(H2,25,29)(H,27,30)(H,28,31)/b26-13-/t20-/m0/s1. The first kappa shape index (κ1) is 25.4. The summed E-state index contributed by atoms with van der Waals surface area (Å²) in [5.41, 5.74) is 9.13. The molecule has 176 valence electrons. The average Bonchev–Trinajstić information content (AvgIpc) is 2.77. The third-order valence-corrected chi connectivity index (χ3v) is 4.46. The van der Waals surface area contributed by atoms with Gasteiger partial charge in [-0.1, -0.05) is 32.0 Å². The van der Waals surface area contributed by atoms with Gasteiger partial charge in [-0.05, 0) is 60.7 Å². The number of aryl methyl sites for hydroxylation is 1. The number of carbonyl (C=O) groups excluding carboxylic acids is 3. The van der Waals surface area contributed by atoms with Gasteiger partial charge in [0.05, 0.1) is 6.21 Å². The molecule has 2 aromatic rings. The molecule has 0 saturated heterocycles. The van der Waals surface area contributed by atoms with E-state index in [4.69, 9.17) is 15.2 Å². The van der Waals surface area contributed by atoms with Crippen molar-refractivity contribution >= 4 is 23.9 Å². The summed E-state index contributed by atoms with van der Waals surface area (Å²) in [6.45, 7) is 5.41. The molecule has 9 heteroatoms. The first-order chi connectivity index (χ1) is 15.7. The lowest BCUT2D eigenvalue weighted by molar-refractivity contribution is -0.130. The summed E-state index contributed by atoms with van der Waals surface area (Å²) >= 11 is 0. The topological polar surface area (TPSA) is 132 Å². The molecule has 3 amide bonds. The molecular weight excluding hydrogens is 424 g/mol. The molecular formula is C24H30N4O5. The summed E-state index contributed by atoms with van der Waals surface area (Å²) < 4.78 is 10.7. The van der Waals surface area contributed by atoms with E-state index in [1.165, 1.54) is 6.21 Å². The Labute approximate surface area is 193 Å². The number of ether oxygens (including phenoxy) is 2. The Morgan fingerprint density at radius 1 is 1.03 bits per heavy atom. The molecule has 0 aromatic heterocycles. The van der Waals surface area contributed by atoms with Crippen molar-refractivity contribution in [1.29, 1.82) is 0 Å². The van der Waals surface area contributed by atoms with Crippen molar-refractivity contribution in [3.8, 4) is 11.5 Å². The van der Waals surface area contributed by atoms with Crippen LogP contribution < -0.4 is 25.9 Å². The molecule has 0 unspecified atom stereocenters. The molecule has 0 fully saturated rings.